The summed E-state index contributed by atoms with van der Waals surface area (Å²) in [4.78, 5) is 10.8. The van der Waals surface area contributed by atoms with Gasteiger partial charge in [0.15, 0.2) is 0 Å². The highest BCUT2D eigenvalue weighted by Gasteiger charge is 1.96. The van der Waals surface area contributed by atoms with Crippen molar-refractivity contribution >= 4 is 17.5 Å². The highest BCUT2D eigenvalue weighted by atomic mass is 32.2. The minimum absolute atomic E-state index is 0.405. The van der Waals surface area contributed by atoms with Crippen LogP contribution in [-0.4, -0.2) is 17.3 Å². The smallest absolute Gasteiger partial charge is 0.132 e. The molecule has 0 aromatic rings. The zero-order chi connectivity index (χ0) is 8.53. The van der Waals surface area contributed by atoms with E-state index in [0.717, 1.165) is 18.6 Å². The molecule has 2 heteroatoms. The molecule has 0 aromatic heterocycles. The van der Waals surface area contributed by atoms with Gasteiger partial charge in [-0.25, -0.2) is 0 Å². The third kappa shape index (κ3) is 7.92. The molecule has 0 saturated heterocycles. The summed E-state index contributed by atoms with van der Waals surface area (Å²) in [6, 6.07) is 0. The van der Waals surface area contributed by atoms with Crippen molar-refractivity contribution in [1.29, 1.82) is 0 Å². The summed E-state index contributed by atoms with van der Waals surface area (Å²) in [5, 5.41) is 0. The Labute approximate surface area is 73.9 Å². The molecule has 0 aliphatic heterocycles. The quantitative estimate of drug-likeness (QED) is 0.552. The molecule has 0 radical (unpaired) electrons. The van der Waals surface area contributed by atoms with E-state index < -0.39 is 0 Å². The molecule has 0 rings (SSSR count). The van der Waals surface area contributed by atoms with Crippen molar-refractivity contribution in [2.75, 3.05) is 11.5 Å². The molecule has 0 unspecified atom stereocenters. The number of hydrogen-bond acceptors (Lipinski definition) is 2. The van der Waals surface area contributed by atoms with Crippen LogP contribution in [0.4, 0.5) is 0 Å². The van der Waals surface area contributed by atoms with Crippen LogP contribution in [0.25, 0.3) is 0 Å². The molecule has 0 aliphatic rings. The first-order valence-corrected chi connectivity index (χ1v) is 5.56. The van der Waals surface area contributed by atoms with Crippen LogP contribution in [-0.2, 0) is 4.79 Å². The van der Waals surface area contributed by atoms with E-state index in [-0.39, 0.29) is 0 Å². The summed E-state index contributed by atoms with van der Waals surface area (Å²) >= 11 is 1.95. The fraction of sp³-hybridized carbons (Fsp3) is 0.889. The van der Waals surface area contributed by atoms with Gasteiger partial charge >= 0.3 is 0 Å². The number of Topliss-reactive ketones (excluding diaryl/α,β-unsaturated/α-hetero) is 1. The van der Waals surface area contributed by atoms with Gasteiger partial charge in [0.1, 0.15) is 5.78 Å². The maximum absolute atomic E-state index is 10.8. The average Bonchev–Trinajstić information content (AvgIpc) is 2.04. The lowest BCUT2D eigenvalue weighted by Crippen LogP contribution is -1.95. The summed E-state index contributed by atoms with van der Waals surface area (Å²) < 4.78 is 0. The second kappa shape index (κ2) is 8.12. The van der Waals surface area contributed by atoms with Gasteiger partial charge in [-0.3, -0.25) is 4.79 Å². The molecule has 0 aromatic carbocycles. The average molecular weight is 174 g/mol. The SMILES string of the molecule is CCCSCCCC(=O)CC. The third-order valence-electron chi connectivity index (χ3n) is 1.49. The molecule has 0 saturated carbocycles. The normalized spacial score (nSPS) is 10.0. The molecule has 0 heterocycles. The monoisotopic (exact) mass is 174 g/mol. The van der Waals surface area contributed by atoms with Gasteiger partial charge in [0.2, 0.25) is 0 Å². The lowest BCUT2D eigenvalue weighted by Gasteiger charge is -1.97. The number of hydrogen-bond donors (Lipinski definition) is 0. The summed E-state index contributed by atoms with van der Waals surface area (Å²) in [6.45, 7) is 4.12. The van der Waals surface area contributed by atoms with E-state index in [9.17, 15) is 4.79 Å². The standard InChI is InChI=1S/C9H18OS/c1-3-7-11-8-5-6-9(10)4-2/h3-8H2,1-2H3. The number of thioether (sulfide) groups is 1. The zero-order valence-corrected chi connectivity index (χ0v) is 8.38. The fourth-order valence-corrected chi connectivity index (χ4v) is 1.64. The third-order valence-corrected chi connectivity index (χ3v) is 2.76. The molecule has 0 atom stereocenters. The first kappa shape index (κ1) is 11.0. The van der Waals surface area contributed by atoms with Crippen LogP contribution in [0.3, 0.4) is 0 Å². The summed E-state index contributed by atoms with van der Waals surface area (Å²) in [5.74, 6) is 2.79. The Balaban J connectivity index is 2.95. The van der Waals surface area contributed by atoms with E-state index in [4.69, 9.17) is 0 Å². The van der Waals surface area contributed by atoms with E-state index >= 15 is 0 Å². The van der Waals surface area contributed by atoms with Crippen molar-refractivity contribution in [2.24, 2.45) is 0 Å². The van der Waals surface area contributed by atoms with E-state index in [2.05, 4.69) is 6.92 Å². The van der Waals surface area contributed by atoms with Crippen molar-refractivity contribution in [2.45, 2.75) is 39.5 Å². The maximum atomic E-state index is 10.8. The van der Waals surface area contributed by atoms with Crippen molar-refractivity contribution in [1.82, 2.24) is 0 Å². The van der Waals surface area contributed by atoms with Crippen molar-refractivity contribution < 1.29 is 4.79 Å². The Hall–Kier alpha value is 0.0200. The minimum atomic E-state index is 0.405. The Morgan fingerprint density at radius 3 is 2.55 bits per heavy atom. The van der Waals surface area contributed by atoms with E-state index in [1.54, 1.807) is 0 Å². The molecule has 0 N–H and O–H groups in total. The number of carbonyl (C=O) groups excluding carboxylic acids is 1. The van der Waals surface area contributed by atoms with Crippen molar-refractivity contribution in [3.05, 3.63) is 0 Å². The van der Waals surface area contributed by atoms with Gasteiger partial charge in [-0.15, -0.1) is 0 Å². The highest BCUT2D eigenvalue weighted by Crippen LogP contribution is 2.06. The summed E-state index contributed by atoms with van der Waals surface area (Å²) in [7, 11) is 0. The first-order chi connectivity index (χ1) is 5.31. The fourth-order valence-electron chi connectivity index (χ4n) is 0.795. The predicted molar refractivity (Wildman–Crippen MR) is 52.1 cm³/mol. The number of ketones is 1. The molecule has 0 bridgehead atoms. The van der Waals surface area contributed by atoms with Crippen LogP contribution < -0.4 is 0 Å². The molecule has 0 amide bonds. The Morgan fingerprint density at radius 2 is 2.00 bits per heavy atom. The van der Waals surface area contributed by atoms with Gasteiger partial charge in [-0.1, -0.05) is 13.8 Å². The molecule has 1 nitrogen and oxygen atoms in total. The van der Waals surface area contributed by atoms with E-state index in [0.29, 0.717) is 12.2 Å². The van der Waals surface area contributed by atoms with E-state index in [1.807, 2.05) is 18.7 Å². The van der Waals surface area contributed by atoms with Crippen LogP contribution in [0.1, 0.15) is 39.5 Å². The lowest BCUT2D eigenvalue weighted by atomic mass is 10.2. The van der Waals surface area contributed by atoms with Gasteiger partial charge in [-0.05, 0) is 24.3 Å². The van der Waals surface area contributed by atoms with Crippen LogP contribution in [0.5, 0.6) is 0 Å². The van der Waals surface area contributed by atoms with Gasteiger partial charge in [-0.2, -0.15) is 11.8 Å². The molecule has 11 heavy (non-hydrogen) atoms. The van der Waals surface area contributed by atoms with Gasteiger partial charge in [0.25, 0.3) is 0 Å². The number of rotatable bonds is 7. The van der Waals surface area contributed by atoms with Crippen LogP contribution >= 0.6 is 11.8 Å². The predicted octanol–water partition coefficient (Wildman–Crippen LogP) is 2.89. The zero-order valence-electron chi connectivity index (χ0n) is 7.56. The van der Waals surface area contributed by atoms with Crippen LogP contribution in [0, 0.1) is 0 Å². The lowest BCUT2D eigenvalue weighted by molar-refractivity contribution is -0.118. The van der Waals surface area contributed by atoms with E-state index in [1.165, 1.54) is 12.2 Å². The second-order valence-corrected chi connectivity index (χ2v) is 3.83. The Kier molecular flexibility index (Phi) is 8.13. The molecule has 0 spiro atoms. The largest absolute Gasteiger partial charge is 0.300 e. The van der Waals surface area contributed by atoms with Crippen LogP contribution in [0.2, 0.25) is 0 Å². The number of carbonyl (C=O) groups is 1. The first-order valence-electron chi connectivity index (χ1n) is 4.40. The van der Waals surface area contributed by atoms with Gasteiger partial charge < -0.3 is 0 Å². The van der Waals surface area contributed by atoms with Crippen molar-refractivity contribution in [3.8, 4) is 0 Å². The van der Waals surface area contributed by atoms with Crippen LogP contribution in [0.15, 0.2) is 0 Å². The van der Waals surface area contributed by atoms with Gasteiger partial charge in [0.05, 0.1) is 0 Å². The topological polar surface area (TPSA) is 17.1 Å². The molecular weight excluding hydrogens is 156 g/mol. The van der Waals surface area contributed by atoms with Gasteiger partial charge in [0, 0.05) is 12.8 Å². The van der Waals surface area contributed by atoms with Crippen molar-refractivity contribution in [3.63, 3.8) is 0 Å². The Morgan fingerprint density at radius 1 is 1.27 bits per heavy atom. The second-order valence-electron chi connectivity index (χ2n) is 2.61. The maximum Gasteiger partial charge on any atom is 0.132 e. The molecule has 66 valence electrons. The highest BCUT2D eigenvalue weighted by molar-refractivity contribution is 7.99. The minimum Gasteiger partial charge on any atom is -0.300 e. The Bertz CT molecular complexity index is 102. The summed E-state index contributed by atoms with van der Waals surface area (Å²) in [6.07, 6.45) is 3.80. The molecule has 0 aliphatic carbocycles. The molecule has 0 fully saturated rings. The molecular formula is C9H18OS. The summed E-state index contributed by atoms with van der Waals surface area (Å²) in [5.41, 5.74) is 0.